The Bertz CT molecular complexity index is 331. The molecule has 1 aromatic rings. The molecule has 2 heterocycles. The molecule has 1 aromatic heterocycles. The van der Waals surface area contributed by atoms with Crippen LogP contribution in [-0.2, 0) is 13.0 Å². The highest BCUT2D eigenvalue weighted by molar-refractivity contribution is 5.03. The molecule has 0 radical (unpaired) electrons. The molecule has 0 fully saturated rings. The molecule has 0 aliphatic carbocycles. The number of aromatic nitrogens is 3. The predicted octanol–water partition coefficient (Wildman–Crippen LogP) is 1.66. The monoisotopic (exact) mass is 208 g/mol. The van der Waals surface area contributed by atoms with Crippen molar-refractivity contribution in [2.45, 2.75) is 52.1 Å². The molecule has 0 saturated carbocycles. The van der Waals surface area contributed by atoms with Crippen LogP contribution >= 0.6 is 0 Å². The average Bonchev–Trinajstić information content (AvgIpc) is 2.60. The summed E-state index contributed by atoms with van der Waals surface area (Å²) in [5.41, 5.74) is 6.09. The fraction of sp³-hybridized carbons (Fsp3) is 0.818. The van der Waals surface area contributed by atoms with Gasteiger partial charge in [0.15, 0.2) is 0 Å². The Hall–Kier alpha value is -0.900. The highest BCUT2D eigenvalue weighted by Gasteiger charge is 2.22. The second-order valence-corrected chi connectivity index (χ2v) is 4.62. The first-order chi connectivity index (χ1) is 7.22. The Balaban J connectivity index is 2.20. The van der Waals surface area contributed by atoms with E-state index in [0.29, 0.717) is 0 Å². The standard InChI is InChI=1S/C11H20N4/c1-3-4-9(12)11-14-13-10-7-8(2)5-6-15(10)11/h8-9H,3-7,12H2,1-2H3. The second kappa shape index (κ2) is 4.31. The van der Waals surface area contributed by atoms with Crippen LogP contribution in [0.3, 0.4) is 0 Å². The number of fused-ring (bicyclic) bond motifs is 1. The lowest BCUT2D eigenvalue weighted by Gasteiger charge is -2.21. The summed E-state index contributed by atoms with van der Waals surface area (Å²) in [6.45, 7) is 5.45. The van der Waals surface area contributed by atoms with Gasteiger partial charge in [0.2, 0.25) is 0 Å². The van der Waals surface area contributed by atoms with Crippen LogP contribution in [0.25, 0.3) is 0 Å². The summed E-state index contributed by atoms with van der Waals surface area (Å²) in [7, 11) is 0. The minimum Gasteiger partial charge on any atom is -0.321 e. The number of nitrogens with two attached hydrogens (primary N) is 1. The van der Waals surface area contributed by atoms with Crippen LogP contribution in [0.4, 0.5) is 0 Å². The molecule has 2 rings (SSSR count). The molecule has 1 aliphatic rings. The van der Waals surface area contributed by atoms with Crippen LogP contribution in [0, 0.1) is 5.92 Å². The fourth-order valence-electron chi connectivity index (χ4n) is 2.22. The van der Waals surface area contributed by atoms with Crippen molar-refractivity contribution in [3.05, 3.63) is 11.6 Å². The first-order valence-corrected chi connectivity index (χ1v) is 5.90. The smallest absolute Gasteiger partial charge is 0.149 e. The lowest BCUT2D eigenvalue weighted by atomic mass is 10.00. The third kappa shape index (κ3) is 2.04. The molecule has 0 amide bonds. The van der Waals surface area contributed by atoms with Gasteiger partial charge >= 0.3 is 0 Å². The van der Waals surface area contributed by atoms with Crippen molar-refractivity contribution in [1.29, 1.82) is 0 Å². The molecule has 0 bridgehead atoms. The lowest BCUT2D eigenvalue weighted by molar-refractivity contribution is 0.394. The second-order valence-electron chi connectivity index (χ2n) is 4.62. The SMILES string of the molecule is CCCC(N)c1nnc2n1CCC(C)C2. The maximum atomic E-state index is 6.09. The van der Waals surface area contributed by atoms with Gasteiger partial charge in [0, 0.05) is 13.0 Å². The van der Waals surface area contributed by atoms with Crippen LogP contribution in [0.1, 0.15) is 50.8 Å². The molecular weight excluding hydrogens is 188 g/mol. The molecule has 0 saturated heterocycles. The summed E-state index contributed by atoms with van der Waals surface area (Å²) in [5.74, 6) is 2.84. The van der Waals surface area contributed by atoms with Crippen molar-refractivity contribution in [3.63, 3.8) is 0 Å². The minimum absolute atomic E-state index is 0.0599. The van der Waals surface area contributed by atoms with E-state index in [2.05, 4.69) is 28.6 Å². The van der Waals surface area contributed by atoms with E-state index in [1.165, 1.54) is 6.42 Å². The molecule has 1 aliphatic heterocycles. The fourth-order valence-corrected chi connectivity index (χ4v) is 2.22. The summed E-state index contributed by atoms with van der Waals surface area (Å²) in [6.07, 6.45) is 4.36. The predicted molar refractivity (Wildman–Crippen MR) is 59.3 cm³/mol. The number of rotatable bonds is 3. The molecule has 0 spiro atoms. The largest absolute Gasteiger partial charge is 0.321 e. The molecule has 2 unspecified atom stereocenters. The Kier molecular flexibility index (Phi) is 3.05. The Morgan fingerprint density at radius 2 is 2.33 bits per heavy atom. The molecule has 0 aromatic carbocycles. The van der Waals surface area contributed by atoms with Crippen molar-refractivity contribution >= 4 is 0 Å². The van der Waals surface area contributed by atoms with E-state index >= 15 is 0 Å². The van der Waals surface area contributed by atoms with Crippen LogP contribution < -0.4 is 5.73 Å². The van der Waals surface area contributed by atoms with Gasteiger partial charge in [-0.2, -0.15) is 0 Å². The van der Waals surface area contributed by atoms with Crippen molar-refractivity contribution < 1.29 is 0 Å². The maximum absolute atomic E-state index is 6.09. The van der Waals surface area contributed by atoms with E-state index in [9.17, 15) is 0 Å². The van der Waals surface area contributed by atoms with Gasteiger partial charge in [-0.25, -0.2) is 0 Å². The van der Waals surface area contributed by atoms with E-state index in [4.69, 9.17) is 5.73 Å². The van der Waals surface area contributed by atoms with Crippen molar-refractivity contribution in [2.24, 2.45) is 11.7 Å². The summed E-state index contributed by atoms with van der Waals surface area (Å²) in [4.78, 5) is 0. The lowest BCUT2D eigenvalue weighted by Crippen LogP contribution is -2.22. The quantitative estimate of drug-likeness (QED) is 0.822. The highest BCUT2D eigenvalue weighted by atomic mass is 15.3. The molecule has 15 heavy (non-hydrogen) atoms. The highest BCUT2D eigenvalue weighted by Crippen LogP contribution is 2.23. The van der Waals surface area contributed by atoms with E-state index in [0.717, 1.165) is 43.4 Å². The van der Waals surface area contributed by atoms with Crippen LogP contribution in [-0.4, -0.2) is 14.8 Å². The molecule has 2 atom stereocenters. The van der Waals surface area contributed by atoms with Crippen molar-refractivity contribution in [2.75, 3.05) is 0 Å². The molecule has 2 N–H and O–H groups in total. The minimum atomic E-state index is 0.0599. The third-order valence-electron chi connectivity index (χ3n) is 3.16. The van der Waals surface area contributed by atoms with E-state index in [-0.39, 0.29) is 6.04 Å². The first kappa shape index (κ1) is 10.6. The average molecular weight is 208 g/mol. The van der Waals surface area contributed by atoms with E-state index in [1.807, 2.05) is 0 Å². The summed E-state index contributed by atoms with van der Waals surface area (Å²) in [6, 6.07) is 0.0599. The number of hydrogen-bond acceptors (Lipinski definition) is 3. The Morgan fingerprint density at radius 3 is 3.07 bits per heavy atom. The van der Waals surface area contributed by atoms with Gasteiger partial charge in [0.25, 0.3) is 0 Å². The summed E-state index contributed by atoms with van der Waals surface area (Å²) in [5, 5.41) is 8.48. The molecule has 4 nitrogen and oxygen atoms in total. The van der Waals surface area contributed by atoms with Gasteiger partial charge in [-0.15, -0.1) is 10.2 Å². The molecular formula is C11H20N4. The normalized spacial score (nSPS) is 22.5. The van der Waals surface area contributed by atoms with E-state index < -0.39 is 0 Å². The zero-order valence-corrected chi connectivity index (χ0v) is 9.61. The van der Waals surface area contributed by atoms with Gasteiger partial charge in [-0.3, -0.25) is 0 Å². The third-order valence-corrected chi connectivity index (χ3v) is 3.16. The van der Waals surface area contributed by atoms with Gasteiger partial charge in [-0.05, 0) is 18.8 Å². The maximum Gasteiger partial charge on any atom is 0.149 e. The topological polar surface area (TPSA) is 56.7 Å². The van der Waals surface area contributed by atoms with Gasteiger partial charge < -0.3 is 10.3 Å². The number of nitrogens with zero attached hydrogens (tertiary/aromatic N) is 3. The van der Waals surface area contributed by atoms with E-state index in [1.54, 1.807) is 0 Å². The van der Waals surface area contributed by atoms with Crippen molar-refractivity contribution in [1.82, 2.24) is 14.8 Å². The van der Waals surface area contributed by atoms with Gasteiger partial charge in [-0.1, -0.05) is 20.3 Å². The van der Waals surface area contributed by atoms with Crippen LogP contribution in [0.15, 0.2) is 0 Å². The zero-order valence-electron chi connectivity index (χ0n) is 9.61. The van der Waals surface area contributed by atoms with Crippen molar-refractivity contribution in [3.8, 4) is 0 Å². The molecule has 84 valence electrons. The van der Waals surface area contributed by atoms with Crippen LogP contribution in [0.5, 0.6) is 0 Å². The van der Waals surface area contributed by atoms with Gasteiger partial charge in [0.05, 0.1) is 6.04 Å². The first-order valence-electron chi connectivity index (χ1n) is 5.90. The van der Waals surface area contributed by atoms with Gasteiger partial charge in [0.1, 0.15) is 11.6 Å². The zero-order chi connectivity index (χ0) is 10.8. The summed E-state index contributed by atoms with van der Waals surface area (Å²) < 4.78 is 2.22. The molecule has 4 heteroatoms. The Labute approximate surface area is 90.9 Å². The van der Waals surface area contributed by atoms with Crippen LogP contribution in [0.2, 0.25) is 0 Å². The number of hydrogen-bond donors (Lipinski definition) is 1. The Morgan fingerprint density at radius 1 is 1.53 bits per heavy atom. The summed E-state index contributed by atoms with van der Waals surface area (Å²) >= 11 is 0.